The van der Waals surface area contributed by atoms with Gasteiger partial charge in [-0.2, -0.15) is 0 Å². The average molecular weight is 496 g/mol. The highest BCUT2D eigenvalue weighted by Gasteiger charge is 2.22. The number of morpholine rings is 1. The molecule has 5 rings (SSSR count). The number of methoxy groups -OCH3 is 2. The van der Waals surface area contributed by atoms with Crippen molar-refractivity contribution in [1.82, 2.24) is 19.7 Å². The predicted octanol–water partition coefficient (Wildman–Crippen LogP) is 4.54. The Kier molecular flexibility index (Phi) is 6.98. The fourth-order valence-corrected chi connectivity index (χ4v) is 5.50. The fraction of sp³-hybridized carbons (Fsp3) is 0.292. The Hall–Kier alpha value is -3.08. The minimum absolute atomic E-state index is 0.692. The van der Waals surface area contributed by atoms with Crippen molar-refractivity contribution in [3.8, 4) is 27.8 Å². The van der Waals surface area contributed by atoms with Gasteiger partial charge in [-0.3, -0.25) is 4.57 Å². The Labute approximate surface area is 206 Å². The first kappa shape index (κ1) is 22.7. The summed E-state index contributed by atoms with van der Waals surface area (Å²) in [6.07, 6.45) is 0. The molecule has 1 saturated heterocycles. The molecule has 2 aromatic heterocycles. The minimum atomic E-state index is 0.692. The van der Waals surface area contributed by atoms with E-state index in [1.165, 1.54) is 0 Å². The van der Waals surface area contributed by atoms with E-state index in [-0.39, 0.29) is 0 Å². The van der Waals surface area contributed by atoms with Crippen molar-refractivity contribution in [1.29, 1.82) is 0 Å². The molecule has 1 aliphatic heterocycles. The second-order valence-electron chi connectivity index (χ2n) is 7.56. The summed E-state index contributed by atoms with van der Waals surface area (Å²) in [4.78, 5) is 7.07. The first-order valence-corrected chi connectivity index (χ1v) is 12.8. The number of para-hydroxylation sites is 1. The zero-order chi connectivity index (χ0) is 23.3. The normalized spacial score (nSPS) is 13.8. The summed E-state index contributed by atoms with van der Waals surface area (Å²) in [7, 11) is 3.27. The molecule has 0 amide bonds. The van der Waals surface area contributed by atoms with E-state index in [2.05, 4.69) is 37.2 Å². The highest BCUT2D eigenvalue weighted by atomic mass is 32.2. The van der Waals surface area contributed by atoms with E-state index in [0.717, 1.165) is 46.1 Å². The maximum Gasteiger partial charge on any atom is 0.232 e. The summed E-state index contributed by atoms with van der Waals surface area (Å²) in [5.41, 5.74) is 3.04. The molecule has 1 aliphatic rings. The van der Waals surface area contributed by atoms with Gasteiger partial charge >= 0.3 is 0 Å². The van der Waals surface area contributed by atoms with Gasteiger partial charge in [0.1, 0.15) is 5.01 Å². The van der Waals surface area contributed by atoms with Gasteiger partial charge in [0.2, 0.25) is 5.95 Å². The van der Waals surface area contributed by atoms with E-state index in [1.54, 1.807) is 37.3 Å². The SMILES string of the molecule is COc1ccc(-c2nc(CSc3nnc(N4CCOCC4)n3-c3ccccc3)cs2)cc1OC. The summed E-state index contributed by atoms with van der Waals surface area (Å²) in [5, 5.41) is 12.9. The second kappa shape index (κ2) is 10.5. The average Bonchev–Trinajstić information content (AvgIpc) is 3.55. The first-order valence-electron chi connectivity index (χ1n) is 10.9. The number of hydrogen-bond acceptors (Lipinski definition) is 9. The molecule has 0 aliphatic carbocycles. The van der Waals surface area contributed by atoms with Gasteiger partial charge in [0.25, 0.3) is 0 Å². The van der Waals surface area contributed by atoms with Crippen molar-refractivity contribution in [2.24, 2.45) is 0 Å². The van der Waals surface area contributed by atoms with Crippen LogP contribution >= 0.6 is 23.1 Å². The maximum atomic E-state index is 5.52. The van der Waals surface area contributed by atoms with Crippen LogP contribution in [-0.4, -0.2) is 60.3 Å². The molecule has 0 unspecified atom stereocenters. The number of thioether (sulfide) groups is 1. The van der Waals surface area contributed by atoms with E-state index in [4.69, 9.17) is 19.2 Å². The van der Waals surface area contributed by atoms with Crippen molar-refractivity contribution >= 4 is 29.0 Å². The molecule has 0 spiro atoms. The predicted molar refractivity (Wildman–Crippen MR) is 135 cm³/mol. The smallest absolute Gasteiger partial charge is 0.232 e. The number of aromatic nitrogens is 4. The Balaban J connectivity index is 1.37. The molecule has 3 heterocycles. The van der Waals surface area contributed by atoms with E-state index < -0.39 is 0 Å². The van der Waals surface area contributed by atoms with Gasteiger partial charge in [-0.1, -0.05) is 30.0 Å². The van der Waals surface area contributed by atoms with Crippen molar-refractivity contribution in [3.05, 3.63) is 59.6 Å². The van der Waals surface area contributed by atoms with Gasteiger partial charge in [-0.15, -0.1) is 21.5 Å². The number of ether oxygens (including phenoxy) is 3. The number of hydrogen-bond donors (Lipinski definition) is 0. The van der Waals surface area contributed by atoms with Crippen molar-refractivity contribution in [2.45, 2.75) is 10.9 Å². The molecule has 2 aromatic carbocycles. The highest BCUT2D eigenvalue weighted by Crippen LogP contribution is 2.35. The molecular formula is C24H25N5O3S2. The Morgan fingerprint density at radius 1 is 1.00 bits per heavy atom. The third-order valence-corrected chi connectivity index (χ3v) is 7.36. The van der Waals surface area contributed by atoms with Crippen LogP contribution in [0.2, 0.25) is 0 Å². The van der Waals surface area contributed by atoms with Crippen molar-refractivity contribution < 1.29 is 14.2 Å². The molecule has 0 N–H and O–H groups in total. The van der Waals surface area contributed by atoms with Crippen molar-refractivity contribution in [2.75, 3.05) is 45.4 Å². The Morgan fingerprint density at radius 3 is 2.56 bits per heavy atom. The van der Waals surface area contributed by atoms with Crippen LogP contribution < -0.4 is 14.4 Å². The summed E-state index contributed by atoms with van der Waals surface area (Å²) >= 11 is 3.25. The number of nitrogens with zero attached hydrogens (tertiary/aromatic N) is 5. The molecule has 10 heteroatoms. The molecule has 176 valence electrons. The standard InChI is InChI=1S/C24H25N5O3S2/c1-30-20-9-8-17(14-21(20)31-2)22-25-18(15-33-22)16-34-24-27-26-23(28-10-12-32-13-11-28)29(24)19-6-4-3-5-7-19/h3-9,14-15H,10-13,16H2,1-2H3. The van der Waals surface area contributed by atoms with Gasteiger partial charge in [0.15, 0.2) is 16.7 Å². The van der Waals surface area contributed by atoms with E-state index >= 15 is 0 Å². The fourth-order valence-electron chi connectivity index (χ4n) is 3.74. The lowest BCUT2D eigenvalue weighted by Crippen LogP contribution is -2.37. The molecular weight excluding hydrogens is 470 g/mol. The minimum Gasteiger partial charge on any atom is -0.493 e. The lowest BCUT2D eigenvalue weighted by Gasteiger charge is -2.27. The van der Waals surface area contributed by atoms with Crippen LogP contribution in [0.3, 0.4) is 0 Å². The van der Waals surface area contributed by atoms with Gasteiger partial charge in [-0.05, 0) is 30.3 Å². The summed E-state index contributed by atoms with van der Waals surface area (Å²) in [5.74, 6) is 2.94. The highest BCUT2D eigenvalue weighted by molar-refractivity contribution is 7.98. The van der Waals surface area contributed by atoms with Crippen LogP contribution in [0.25, 0.3) is 16.3 Å². The van der Waals surface area contributed by atoms with Crippen LogP contribution in [0.4, 0.5) is 5.95 Å². The maximum absolute atomic E-state index is 5.52. The Morgan fingerprint density at radius 2 is 1.79 bits per heavy atom. The molecule has 4 aromatic rings. The van der Waals surface area contributed by atoms with Crippen LogP contribution in [-0.2, 0) is 10.5 Å². The quantitative estimate of drug-likeness (QED) is 0.330. The molecule has 0 bridgehead atoms. The van der Waals surface area contributed by atoms with E-state index in [1.807, 2.05) is 36.4 Å². The summed E-state index contributed by atoms with van der Waals surface area (Å²) in [6, 6.07) is 16.1. The van der Waals surface area contributed by atoms with Crippen LogP contribution in [0.1, 0.15) is 5.69 Å². The van der Waals surface area contributed by atoms with E-state index in [0.29, 0.717) is 30.5 Å². The summed E-state index contributed by atoms with van der Waals surface area (Å²) < 4.78 is 18.4. The van der Waals surface area contributed by atoms with Crippen molar-refractivity contribution in [3.63, 3.8) is 0 Å². The Bertz CT molecular complexity index is 1240. The second-order valence-corrected chi connectivity index (χ2v) is 9.36. The van der Waals surface area contributed by atoms with Gasteiger partial charge in [0, 0.05) is 29.8 Å². The third kappa shape index (κ3) is 4.75. The molecule has 1 fully saturated rings. The molecule has 34 heavy (non-hydrogen) atoms. The zero-order valence-corrected chi connectivity index (χ0v) is 20.6. The lowest BCUT2D eigenvalue weighted by atomic mass is 10.2. The zero-order valence-electron chi connectivity index (χ0n) is 19.0. The van der Waals surface area contributed by atoms with Gasteiger partial charge in [0.05, 0.1) is 38.8 Å². The number of rotatable bonds is 8. The van der Waals surface area contributed by atoms with Crippen LogP contribution in [0, 0.1) is 0 Å². The van der Waals surface area contributed by atoms with Crippen LogP contribution in [0.5, 0.6) is 11.5 Å². The first-order chi connectivity index (χ1) is 16.8. The molecule has 0 atom stereocenters. The molecule has 0 saturated carbocycles. The van der Waals surface area contributed by atoms with Gasteiger partial charge < -0.3 is 19.1 Å². The van der Waals surface area contributed by atoms with E-state index in [9.17, 15) is 0 Å². The number of benzene rings is 2. The third-order valence-electron chi connectivity index (χ3n) is 5.46. The largest absolute Gasteiger partial charge is 0.493 e. The topological polar surface area (TPSA) is 74.5 Å². The summed E-state index contributed by atoms with van der Waals surface area (Å²) in [6.45, 7) is 3.00. The monoisotopic (exact) mass is 495 g/mol. The molecule has 8 nitrogen and oxygen atoms in total. The van der Waals surface area contributed by atoms with Gasteiger partial charge in [-0.25, -0.2) is 4.98 Å². The number of anilines is 1. The number of thiazole rings is 1. The van der Waals surface area contributed by atoms with Crippen LogP contribution in [0.15, 0.2) is 59.1 Å². The lowest BCUT2D eigenvalue weighted by molar-refractivity contribution is 0.122. The molecule has 0 radical (unpaired) electrons.